The zero-order chi connectivity index (χ0) is 10.2. The fraction of sp³-hybridized carbons (Fsp3) is 0. The molecule has 6 nitrogen and oxygen atoms in total. The largest absolute Gasteiger partial charge is 0.504 e. The van der Waals surface area contributed by atoms with Gasteiger partial charge in [-0.25, -0.2) is 0 Å². The van der Waals surface area contributed by atoms with Crippen molar-refractivity contribution in [3.8, 4) is 5.75 Å². The van der Waals surface area contributed by atoms with Crippen molar-refractivity contribution >= 4 is 21.5 Å². The van der Waals surface area contributed by atoms with E-state index in [1.807, 2.05) is 0 Å². The van der Waals surface area contributed by atoms with Crippen molar-refractivity contribution in [3.63, 3.8) is 0 Å². The van der Waals surface area contributed by atoms with Crippen LogP contribution in [-0.2, 0) is 10.1 Å². The van der Waals surface area contributed by atoms with Gasteiger partial charge in [-0.1, -0.05) is 0 Å². The lowest BCUT2D eigenvalue weighted by molar-refractivity contribution is 0.477. The van der Waals surface area contributed by atoms with Crippen molar-refractivity contribution in [2.45, 2.75) is 4.90 Å². The Morgan fingerprint density at radius 1 is 1.15 bits per heavy atom. The molecule has 0 spiro atoms. The van der Waals surface area contributed by atoms with Crippen LogP contribution in [-0.4, -0.2) is 18.1 Å². The molecule has 0 aromatic heterocycles. The van der Waals surface area contributed by atoms with E-state index in [4.69, 9.17) is 21.1 Å². The second-order valence-electron chi connectivity index (χ2n) is 2.43. The Bertz CT molecular complexity index is 417. The zero-order valence-electron chi connectivity index (χ0n) is 6.43. The first kappa shape index (κ1) is 9.62. The average molecular weight is 204 g/mol. The molecule has 0 bridgehead atoms. The molecule has 0 atom stereocenters. The third-order valence-corrected chi connectivity index (χ3v) is 2.27. The summed E-state index contributed by atoms with van der Waals surface area (Å²) < 4.78 is 29.8. The molecule has 72 valence electrons. The van der Waals surface area contributed by atoms with Crippen LogP contribution in [0.15, 0.2) is 17.0 Å². The Morgan fingerprint density at radius 2 is 1.54 bits per heavy atom. The van der Waals surface area contributed by atoms with Gasteiger partial charge in [0, 0.05) is 0 Å². The van der Waals surface area contributed by atoms with Gasteiger partial charge in [-0.05, 0) is 12.1 Å². The number of hydrogen-bond donors (Lipinski definition) is 4. The number of nitrogen functional groups attached to an aromatic ring is 2. The summed E-state index contributed by atoms with van der Waals surface area (Å²) in [5.74, 6) is -0.396. The minimum Gasteiger partial charge on any atom is -0.504 e. The molecule has 1 aromatic rings. The van der Waals surface area contributed by atoms with Gasteiger partial charge in [0.2, 0.25) is 0 Å². The maximum atomic E-state index is 10.6. The SMILES string of the molecule is Nc1cc(S(=O)(=O)O)cc(N)c1O. The predicted molar refractivity (Wildman–Crippen MR) is 46.7 cm³/mol. The normalized spacial score (nSPS) is 11.5. The van der Waals surface area contributed by atoms with Crippen LogP contribution in [0.25, 0.3) is 0 Å². The topological polar surface area (TPSA) is 127 Å². The van der Waals surface area contributed by atoms with Gasteiger partial charge in [0.1, 0.15) is 0 Å². The molecule has 0 unspecified atom stereocenters. The highest BCUT2D eigenvalue weighted by atomic mass is 32.2. The van der Waals surface area contributed by atoms with Gasteiger partial charge in [-0.15, -0.1) is 0 Å². The summed E-state index contributed by atoms with van der Waals surface area (Å²) in [6, 6.07) is 1.84. The number of anilines is 2. The number of hydrogen-bond acceptors (Lipinski definition) is 5. The number of rotatable bonds is 1. The number of phenols is 1. The van der Waals surface area contributed by atoms with Gasteiger partial charge in [0.25, 0.3) is 10.1 Å². The van der Waals surface area contributed by atoms with E-state index in [0.717, 1.165) is 12.1 Å². The van der Waals surface area contributed by atoms with Gasteiger partial charge in [0.05, 0.1) is 16.3 Å². The van der Waals surface area contributed by atoms with Crippen molar-refractivity contribution in [1.29, 1.82) is 0 Å². The molecule has 0 saturated carbocycles. The maximum absolute atomic E-state index is 10.6. The molecule has 13 heavy (non-hydrogen) atoms. The smallest absolute Gasteiger partial charge is 0.294 e. The van der Waals surface area contributed by atoms with Gasteiger partial charge in [-0.3, -0.25) is 4.55 Å². The fourth-order valence-electron chi connectivity index (χ4n) is 0.801. The first-order chi connectivity index (χ1) is 5.82. The Balaban J connectivity index is 3.47. The summed E-state index contributed by atoms with van der Waals surface area (Å²) in [5.41, 5.74) is 10.0. The van der Waals surface area contributed by atoms with Crippen LogP contribution >= 0.6 is 0 Å². The molecule has 1 rings (SSSR count). The number of phenolic OH excluding ortho intramolecular Hbond substituents is 1. The molecular formula is C6H8N2O4S. The van der Waals surface area contributed by atoms with Crippen LogP contribution in [0.1, 0.15) is 0 Å². The third-order valence-electron chi connectivity index (χ3n) is 1.44. The van der Waals surface area contributed by atoms with Crippen LogP contribution < -0.4 is 11.5 Å². The van der Waals surface area contributed by atoms with Crippen molar-refractivity contribution < 1.29 is 18.1 Å². The Hall–Kier alpha value is -1.47. The standard InChI is InChI=1S/C6H8N2O4S/c7-4-1-3(13(10,11)12)2-5(8)6(4)9/h1-2,9H,7-8H2,(H,10,11,12). The van der Waals surface area contributed by atoms with E-state index in [0.29, 0.717) is 0 Å². The van der Waals surface area contributed by atoms with E-state index >= 15 is 0 Å². The van der Waals surface area contributed by atoms with E-state index in [-0.39, 0.29) is 11.4 Å². The molecule has 0 fully saturated rings. The summed E-state index contributed by atoms with van der Waals surface area (Å²) in [6.45, 7) is 0. The lowest BCUT2D eigenvalue weighted by Crippen LogP contribution is -2.01. The summed E-state index contributed by atoms with van der Waals surface area (Å²) in [5, 5.41) is 9.07. The van der Waals surface area contributed by atoms with Crippen molar-refractivity contribution in [2.75, 3.05) is 11.5 Å². The predicted octanol–water partition coefficient (Wildman–Crippen LogP) is -0.197. The molecule has 0 radical (unpaired) electrons. The van der Waals surface area contributed by atoms with Crippen LogP contribution in [0.2, 0.25) is 0 Å². The summed E-state index contributed by atoms with van der Waals surface area (Å²) >= 11 is 0. The molecular weight excluding hydrogens is 196 g/mol. The Morgan fingerprint density at radius 3 is 1.85 bits per heavy atom. The zero-order valence-corrected chi connectivity index (χ0v) is 7.25. The highest BCUT2D eigenvalue weighted by molar-refractivity contribution is 7.85. The molecule has 0 saturated heterocycles. The molecule has 6 N–H and O–H groups in total. The third kappa shape index (κ3) is 1.82. The van der Waals surface area contributed by atoms with E-state index in [9.17, 15) is 8.42 Å². The van der Waals surface area contributed by atoms with E-state index < -0.39 is 20.8 Å². The Kier molecular flexibility index (Phi) is 2.06. The van der Waals surface area contributed by atoms with Crippen molar-refractivity contribution in [2.24, 2.45) is 0 Å². The molecule has 0 amide bonds. The quantitative estimate of drug-likeness (QED) is 0.285. The first-order valence-corrected chi connectivity index (χ1v) is 4.62. The molecule has 0 aliphatic rings. The lowest BCUT2D eigenvalue weighted by Gasteiger charge is -2.04. The van der Waals surface area contributed by atoms with Crippen molar-refractivity contribution in [3.05, 3.63) is 12.1 Å². The molecule has 0 aliphatic carbocycles. The number of aromatic hydroxyl groups is 1. The monoisotopic (exact) mass is 204 g/mol. The minimum atomic E-state index is -4.34. The maximum Gasteiger partial charge on any atom is 0.294 e. The van der Waals surface area contributed by atoms with E-state index in [1.165, 1.54) is 0 Å². The summed E-state index contributed by atoms with van der Waals surface area (Å²) in [7, 11) is -4.34. The van der Waals surface area contributed by atoms with Crippen molar-refractivity contribution in [1.82, 2.24) is 0 Å². The average Bonchev–Trinajstić information content (AvgIpc) is 1.97. The summed E-state index contributed by atoms with van der Waals surface area (Å²) in [4.78, 5) is -0.444. The number of nitrogens with two attached hydrogens (primary N) is 2. The highest BCUT2D eigenvalue weighted by Gasteiger charge is 2.13. The highest BCUT2D eigenvalue weighted by Crippen LogP contribution is 2.30. The van der Waals surface area contributed by atoms with Gasteiger partial charge < -0.3 is 16.6 Å². The summed E-state index contributed by atoms with van der Waals surface area (Å²) in [6.07, 6.45) is 0. The number of benzene rings is 1. The molecule has 1 aromatic carbocycles. The van der Waals surface area contributed by atoms with Crippen LogP contribution in [0, 0.1) is 0 Å². The fourth-order valence-corrected chi connectivity index (χ4v) is 1.35. The van der Waals surface area contributed by atoms with Gasteiger partial charge in [0.15, 0.2) is 5.75 Å². The van der Waals surface area contributed by atoms with Gasteiger partial charge in [-0.2, -0.15) is 8.42 Å². The molecule has 0 heterocycles. The van der Waals surface area contributed by atoms with Crippen LogP contribution in [0.4, 0.5) is 11.4 Å². The Labute approximate surface area is 74.5 Å². The van der Waals surface area contributed by atoms with Gasteiger partial charge >= 0.3 is 0 Å². The lowest BCUT2D eigenvalue weighted by atomic mass is 10.2. The van der Waals surface area contributed by atoms with E-state index in [2.05, 4.69) is 0 Å². The van der Waals surface area contributed by atoms with Crippen LogP contribution in [0.3, 0.4) is 0 Å². The molecule has 7 heteroatoms. The van der Waals surface area contributed by atoms with Crippen LogP contribution in [0.5, 0.6) is 5.75 Å². The minimum absolute atomic E-state index is 0.201. The molecule has 0 aliphatic heterocycles. The second-order valence-corrected chi connectivity index (χ2v) is 3.85. The first-order valence-electron chi connectivity index (χ1n) is 3.18. The van der Waals surface area contributed by atoms with E-state index in [1.54, 1.807) is 0 Å². The second kappa shape index (κ2) is 2.79.